The molecule has 0 saturated heterocycles. The van der Waals surface area contributed by atoms with Crippen LogP contribution >= 0.6 is 0 Å². The van der Waals surface area contributed by atoms with Crippen molar-refractivity contribution in [2.75, 3.05) is 6.54 Å². The maximum atomic E-state index is 12.6. The summed E-state index contributed by atoms with van der Waals surface area (Å²) < 4.78 is 37.9. The molecule has 0 aliphatic rings. The molecule has 1 amide bonds. The Kier molecular flexibility index (Phi) is 6.05. The first-order valence-electron chi connectivity index (χ1n) is 7.47. The van der Waals surface area contributed by atoms with Crippen molar-refractivity contribution in [3.8, 4) is 0 Å². The summed E-state index contributed by atoms with van der Waals surface area (Å²) in [6, 6.07) is 8.34. The molecule has 130 valence electrons. The Bertz CT molecular complexity index is 771. The molecule has 0 saturated carbocycles. The summed E-state index contributed by atoms with van der Waals surface area (Å²) in [6.45, 7) is 0.338. The van der Waals surface area contributed by atoms with E-state index in [-0.39, 0.29) is 11.3 Å². The maximum absolute atomic E-state index is 12.6. The Hall–Kier alpha value is -2.96. The molecule has 0 atom stereocenters. The molecule has 0 bridgehead atoms. The molecule has 2 rings (SSSR count). The van der Waals surface area contributed by atoms with Crippen molar-refractivity contribution in [3.63, 3.8) is 0 Å². The summed E-state index contributed by atoms with van der Waals surface area (Å²) in [7, 11) is 0. The van der Waals surface area contributed by atoms with Gasteiger partial charge in [0.15, 0.2) is 0 Å². The molecule has 1 aromatic heterocycles. The first kappa shape index (κ1) is 18.4. The molecule has 0 unspecified atom stereocenters. The molecule has 2 aromatic rings. The van der Waals surface area contributed by atoms with Gasteiger partial charge in [-0.25, -0.2) is 0 Å². The topological polar surface area (TPSA) is 65.8 Å². The second kappa shape index (κ2) is 8.23. The van der Waals surface area contributed by atoms with E-state index in [1.165, 1.54) is 24.3 Å². The van der Waals surface area contributed by atoms with Crippen LogP contribution in [0.15, 0.2) is 54.9 Å². The molecule has 1 aromatic carbocycles. The van der Waals surface area contributed by atoms with Gasteiger partial charge in [-0.1, -0.05) is 24.3 Å². The lowest BCUT2D eigenvalue weighted by atomic mass is 10.1. The number of hydrogen-bond donors (Lipinski definition) is 2. The minimum atomic E-state index is -4.43. The third kappa shape index (κ3) is 5.87. The molecule has 2 N–H and O–H groups in total. The summed E-state index contributed by atoms with van der Waals surface area (Å²) in [5.74, 6) is -0.591. The van der Waals surface area contributed by atoms with Crippen LogP contribution in [0.5, 0.6) is 0 Å². The van der Waals surface area contributed by atoms with Crippen molar-refractivity contribution in [3.05, 3.63) is 71.6 Å². The van der Waals surface area contributed by atoms with Crippen molar-refractivity contribution in [1.82, 2.24) is 10.3 Å². The molecule has 0 radical (unpaired) electrons. The largest absolute Gasteiger partial charge is 0.416 e. The fourth-order valence-corrected chi connectivity index (χ4v) is 2.04. The monoisotopic (exact) mass is 347 g/mol. The average molecular weight is 347 g/mol. The van der Waals surface area contributed by atoms with E-state index in [4.69, 9.17) is 5.41 Å². The second-order valence-electron chi connectivity index (χ2n) is 5.24. The molecular weight excluding hydrogens is 331 g/mol. The highest BCUT2D eigenvalue weighted by molar-refractivity contribution is 6.42. The van der Waals surface area contributed by atoms with Crippen molar-refractivity contribution >= 4 is 17.7 Å². The fraction of sp³-hybridized carbons (Fsp3) is 0.167. The Morgan fingerprint density at radius 1 is 1.24 bits per heavy atom. The second-order valence-corrected chi connectivity index (χ2v) is 5.24. The molecule has 4 nitrogen and oxygen atoms in total. The standard InChI is InChI=1S/C18H16F3N3O/c19-18(20,21)15-5-1-3-13(11-15)6-7-16(22)17(25)24-10-8-14-4-2-9-23-12-14/h1-7,9,11-12,22H,8,10H2,(H,24,25). The number of nitrogens with one attached hydrogen (secondary N) is 2. The molecule has 0 fully saturated rings. The van der Waals surface area contributed by atoms with Gasteiger partial charge in [0, 0.05) is 18.9 Å². The summed E-state index contributed by atoms with van der Waals surface area (Å²) >= 11 is 0. The maximum Gasteiger partial charge on any atom is 0.416 e. The van der Waals surface area contributed by atoms with Gasteiger partial charge in [0.1, 0.15) is 5.71 Å². The van der Waals surface area contributed by atoms with E-state index in [1.807, 2.05) is 6.07 Å². The van der Waals surface area contributed by atoms with E-state index >= 15 is 0 Å². The Balaban J connectivity index is 1.88. The summed E-state index contributed by atoms with van der Waals surface area (Å²) in [6.07, 6.45) is 1.96. The number of aromatic nitrogens is 1. The number of nitrogens with zero attached hydrogens (tertiary/aromatic N) is 1. The van der Waals surface area contributed by atoms with Gasteiger partial charge in [-0.2, -0.15) is 13.2 Å². The molecule has 0 aliphatic heterocycles. The summed E-state index contributed by atoms with van der Waals surface area (Å²) in [4.78, 5) is 15.8. The lowest BCUT2D eigenvalue weighted by Gasteiger charge is -2.07. The smallest absolute Gasteiger partial charge is 0.350 e. The molecule has 1 heterocycles. The first-order chi connectivity index (χ1) is 11.9. The van der Waals surface area contributed by atoms with Gasteiger partial charge in [-0.15, -0.1) is 0 Å². The lowest BCUT2D eigenvalue weighted by Crippen LogP contribution is -2.31. The molecule has 0 aliphatic carbocycles. The predicted octanol–water partition coefficient (Wildman–Crippen LogP) is 3.49. The van der Waals surface area contributed by atoms with Gasteiger partial charge in [0.2, 0.25) is 0 Å². The summed E-state index contributed by atoms with van der Waals surface area (Å²) in [5, 5.41) is 10.3. The highest BCUT2D eigenvalue weighted by Crippen LogP contribution is 2.29. The fourth-order valence-electron chi connectivity index (χ4n) is 2.04. The van der Waals surface area contributed by atoms with Crippen LogP contribution < -0.4 is 5.32 Å². The van der Waals surface area contributed by atoms with Gasteiger partial charge in [-0.3, -0.25) is 15.2 Å². The molecule has 0 spiro atoms. The zero-order valence-electron chi connectivity index (χ0n) is 13.2. The third-order valence-electron chi connectivity index (χ3n) is 3.32. The number of alkyl halides is 3. The van der Waals surface area contributed by atoms with Crippen LogP contribution in [0.1, 0.15) is 16.7 Å². The van der Waals surface area contributed by atoms with Gasteiger partial charge in [0.25, 0.3) is 5.91 Å². The van der Waals surface area contributed by atoms with Crippen LogP contribution in [0.4, 0.5) is 13.2 Å². The van der Waals surface area contributed by atoms with Crippen molar-refractivity contribution in [2.45, 2.75) is 12.6 Å². The minimum Gasteiger partial charge on any atom is -0.350 e. The number of rotatable bonds is 6. The molecular formula is C18H16F3N3O. The number of hydrogen-bond acceptors (Lipinski definition) is 3. The number of carbonyl (C=O) groups excluding carboxylic acids is 1. The number of benzene rings is 1. The zero-order chi connectivity index (χ0) is 18.3. The lowest BCUT2D eigenvalue weighted by molar-refractivity contribution is -0.137. The SMILES string of the molecule is N=C(C=Cc1cccc(C(F)(F)F)c1)C(=O)NCCc1cccnc1. The molecule has 7 heteroatoms. The quantitative estimate of drug-likeness (QED) is 0.786. The van der Waals surface area contributed by atoms with Gasteiger partial charge in [0.05, 0.1) is 5.56 Å². The van der Waals surface area contributed by atoms with E-state index in [9.17, 15) is 18.0 Å². The van der Waals surface area contributed by atoms with E-state index in [0.29, 0.717) is 13.0 Å². The van der Waals surface area contributed by atoms with Crippen LogP contribution in [0.2, 0.25) is 0 Å². The number of amides is 1. The van der Waals surface area contributed by atoms with Crippen molar-refractivity contribution in [2.24, 2.45) is 0 Å². The highest BCUT2D eigenvalue weighted by Gasteiger charge is 2.30. The minimum absolute atomic E-state index is 0.266. The Labute approximate surface area is 142 Å². The number of carbonyl (C=O) groups is 1. The van der Waals surface area contributed by atoms with E-state index in [1.54, 1.807) is 18.5 Å². The van der Waals surface area contributed by atoms with Crippen LogP contribution in [-0.2, 0) is 17.4 Å². The Morgan fingerprint density at radius 3 is 2.72 bits per heavy atom. The van der Waals surface area contributed by atoms with E-state index in [2.05, 4.69) is 10.3 Å². The summed E-state index contributed by atoms with van der Waals surface area (Å²) in [5.41, 5.74) is 0.113. The normalized spacial score (nSPS) is 11.5. The van der Waals surface area contributed by atoms with Crippen LogP contribution in [0.25, 0.3) is 6.08 Å². The van der Waals surface area contributed by atoms with E-state index in [0.717, 1.165) is 17.7 Å². The van der Waals surface area contributed by atoms with Crippen molar-refractivity contribution < 1.29 is 18.0 Å². The van der Waals surface area contributed by atoms with E-state index < -0.39 is 17.6 Å². The van der Waals surface area contributed by atoms with Gasteiger partial charge < -0.3 is 5.32 Å². The van der Waals surface area contributed by atoms with Crippen LogP contribution in [-0.4, -0.2) is 23.1 Å². The zero-order valence-corrected chi connectivity index (χ0v) is 13.2. The first-order valence-corrected chi connectivity index (χ1v) is 7.47. The van der Waals surface area contributed by atoms with Crippen LogP contribution in [0, 0.1) is 5.41 Å². The Morgan fingerprint density at radius 2 is 2.04 bits per heavy atom. The van der Waals surface area contributed by atoms with Crippen LogP contribution in [0.3, 0.4) is 0 Å². The van der Waals surface area contributed by atoms with Crippen molar-refractivity contribution in [1.29, 1.82) is 5.41 Å². The molecule has 25 heavy (non-hydrogen) atoms. The highest BCUT2D eigenvalue weighted by atomic mass is 19.4. The van der Waals surface area contributed by atoms with Gasteiger partial charge >= 0.3 is 6.18 Å². The third-order valence-corrected chi connectivity index (χ3v) is 3.32. The number of halogens is 3. The van der Waals surface area contributed by atoms with Gasteiger partial charge in [-0.05, 0) is 41.8 Å². The predicted molar refractivity (Wildman–Crippen MR) is 89.2 cm³/mol. The average Bonchev–Trinajstić information content (AvgIpc) is 2.60. The number of pyridine rings is 1.